The van der Waals surface area contributed by atoms with E-state index in [0.29, 0.717) is 25.8 Å². The van der Waals surface area contributed by atoms with E-state index in [4.69, 9.17) is 0 Å². The van der Waals surface area contributed by atoms with Crippen molar-refractivity contribution >= 4 is 33.8 Å². The van der Waals surface area contributed by atoms with Gasteiger partial charge in [-0.05, 0) is 37.5 Å². The van der Waals surface area contributed by atoms with Gasteiger partial charge >= 0.3 is 12.0 Å². The average Bonchev–Trinajstić information content (AvgIpc) is 3.31. The maximum atomic E-state index is 13.1. The fraction of sp³-hybridized carbons (Fsp3) is 0.778. The quantitative estimate of drug-likeness (QED) is 0.178. The molecule has 4 N–H and O–H groups in total. The molecule has 2 rings (SSSR count). The zero-order chi connectivity index (χ0) is 30.3. The number of unbranched alkanes of at least 4 members (excludes halogenated alkanes) is 3. The van der Waals surface area contributed by atoms with Gasteiger partial charge in [-0.2, -0.15) is 0 Å². The van der Waals surface area contributed by atoms with Gasteiger partial charge in [0.25, 0.3) is 0 Å². The number of carboxylic acids is 1. The first kappa shape index (κ1) is 33.5. The van der Waals surface area contributed by atoms with E-state index < -0.39 is 56.9 Å². The van der Waals surface area contributed by atoms with Gasteiger partial charge in [0, 0.05) is 32.1 Å². The molecule has 40 heavy (non-hydrogen) atoms. The Labute approximate surface area is 238 Å². The van der Waals surface area contributed by atoms with Crippen molar-refractivity contribution in [2.75, 3.05) is 32.9 Å². The van der Waals surface area contributed by atoms with Crippen molar-refractivity contribution in [1.29, 1.82) is 0 Å². The molecule has 4 amide bonds. The van der Waals surface area contributed by atoms with E-state index in [1.54, 1.807) is 0 Å². The van der Waals surface area contributed by atoms with Crippen molar-refractivity contribution in [2.24, 2.45) is 11.3 Å². The number of hydrogen-bond acceptors (Lipinski definition) is 6. The highest BCUT2D eigenvalue weighted by Crippen LogP contribution is 2.45. The molecule has 13 heteroatoms. The number of urea groups is 1. The summed E-state index contributed by atoms with van der Waals surface area (Å²) in [7, 11) is -2.02. The number of nitrogens with one attached hydrogen (secondary N) is 3. The molecule has 12 nitrogen and oxygen atoms in total. The first-order valence-corrected chi connectivity index (χ1v) is 15.8. The Balaban J connectivity index is 1.94. The largest absolute Gasteiger partial charge is 0.479 e. The SMILES string of the molecule is CCCCC/C=C\C1C[C@]1(NC(=O)[C@@H]1CCCN1C(=O)CNC(=O)N[C@H](CN(C)S(C)(=O)=O)C(C)(C)C)C(=O)O. The number of carbonyl (C=O) groups is 4. The first-order valence-electron chi connectivity index (χ1n) is 14.0. The van der Waals surface area contributed by atoms with Crippen LogP contribution in [0.2, 0.25) is 0 Å². The fourth-order valence-corrected chi connectivity index (χ4v) is 5.19. The number of amides is 4. The van der Waals surface area contributed by atoms with Crippen LogP contribution in [-0.2, 0) is 24.4 Å². The Morgan fingerprint density at radius 1 is 1.20 bits per heavy atom. The molecule has 0 radical (unpaired) electrons. The van der Waals surface area contributed by atoms with Crippen molar-refractivity contribution < 1.29 is 32.7 Å². The van der Waals surface area contributed by atoms with Gasteiger partial charge in [0.05, 0.1) is 12.8 Å². The van der Waals surface area contributed by atoms with E-state index in [2.05, 4.69) is 22.9 Å². The van der Waals surface area contributed by atoms with Crippen molar-refractivity contribution in [1.82, 2.24) is 25.2 Å². The third-order valence-corrected chi connectivity index (χ3v) is 9.00. The van der Waals surface area contributed by atoms with Crippen LogP contribution in [0.15, 0.2) is 12.2 Å². The second kappa shape index (κ2) is 13.8. The number of hydrogen-bond donors (Lipinski definition) is 4. The Kier molecular flexibility index (Phi) is 11.6. The molecule has 0 aromatic rings. The predicted molar refractivity (Wildman–Crippen MR) is 152 cm³/mol. The Morgan fingerprint density at radius 3 is 2.45 bits per heavy atom. The normalized spacial score (nSPS) is 23.7. The van der Waals surface area contributed by atoms with Crippen molar-refractivity contribution in [2.45, 2.75) is 90.3 Å². The molecule has 228 valence electrons. The number of carboxylic acid groups (broad SMARTS) is 1. The topological polar surface area (TPSA) is 165 Å². The first-order chi connectivity index (χ1) is 18.5. The summed E-state index contributed by atoms with van der Waals surface area (Å²) in [5.74, 6) is -2.34. The van der Waals surface area contributed by atoms with E-state index in [1.165, 1.54) is 11.9 Å². The number of sulfonamides is 1. The molecule has 1 unspecified atom stereocenters. The van der Waals surface area contributed by atoms with E-state index in [1.807, 2.05) is 32.9 Å². The number of allylic oxidation sites excluding steroid dienone is 1. The number of likely N-dealkylation sites (tertiary alicyclic amines) is 1. The third-order valence-electron chi connectivity index (χ3n) is 7.72. The maximum Gasteiger partial charge on any atom is 0.330 e. The van der Waals surface area contributed by atoms with Crippen LogP contribution in [0.25, 0.3) is 0 Å². The molecule has 2 fully saturated rings. The van der Waals surface area contributed by atoms with Crippen molar-refractivity contribution in [3.8, 4) is 0 Å². The molecule has 1 aliphatic heterocycles. The van der Waals surface area contributed by atoms with Gasteiger partial charge in [-0.25, -0.2) is 22.3 Å². The van der Waals surface area contributed by atoms with Gasteiger partial charge < -0.3 is 26.0 Å². The van der Waals surface area contributed by atoms with E-state index >= 15 is 0 Å². The van der Waals surface area contributed by atoms with E-state index in [9.17, 15) is 32.7 Å². The number of likely N-dealkylation sites (N-methyl/N-ethyl adjacent to an activating group) is 1. The van der Waals surface area contributed by atoms with Crippen LogP contribution in [0.5, 0.6) is 0 Å². The number of aliphatic carboxylic acids is 1. The standard InChI is InChI=1S/C27H47N5O7S/c1-7-8-9-10-11-13-19-16-27(19,24(35)36)30-23(34)20-14-12-15-32(20)22(33)17-28-25(37)29-21(26(2,3)4)18-31(5)40(6,38)39/h11,13,19-21H,7-10,12,14-18H2,1-6H3,(H,30,34)(H,35,36)(H2,28,29,37)/b13-11-/t19?,20-,21+,27+/m0/s1. The van der Waals surface area contributed by atoms with Gasteiger partial charge in [-0.3, -0.25) is 9.59 Å². The molecule has 2 aliphatic rings. The molecule has 0 spiro atoms. The second-order valence-corrected chi connectivity index (χ2v) is 14.1. The van der Waals surface area contributed by atoms with Crippen LogP contribution >= 0.6 is 0 Å². The van der Waals surface area contributed by atoms with Gasteiger partial charge in [0.1, 0.15) is 11.6 Å². The van der Waals surface area contributed by atoms with Gasteiger partial charge in [0.15, 0.2) is 0 Å². The van der Waals surface area contributed by atoms with Crippen LogP contribution in [0.4, 0.5) is 4.79 Å². The highest BCUT2D eigenvalue weighted by atomic mass is 32.2. The summed E-state index contributed by atoms with van der Waals surface area (Å²) in [5.41, 5.74) is -1.82. The number of rotatable bonds is 14. The molecule has 1 saturated heterocycles. The number of nitrogens with zero attached hydrogens (tertiary/aromatic N) is 2. The Bertz CT molecular complexity index is 1070. The van der Waals surface area contributed by atoms with Crippen LogP contribution in [0, 0.1) is 11.3 Å². The van der Waals surface area contributed by atoms with Gasteiger partial charge in [-0.15, -0.1) is 0 Å². The molecule has 1 heterocycles. The molecule has 1 saturated carbocycles. The predicted octanol–water partition coefficient (Wildman–Crippen LogP) is 1.68. The zero-order valence-corrected chi connectivity index (χ0v) is 25.5. The van der Waals surface area contributed by atoms with Crippen molar-refractivity contribution in [3.63, 3.8) is 0 Å². The molecule has 0 bridgehead atoms. The summed E-state index contributed by atoms with van der Waals surface area (Å²) < 4.78 is 24.8. The molecule has 1 aliphatic carbocycles. The minimum Gasteiger partial charge on any atom is -0.479 e. The highest BCUT2D eigenvalue weighted by molar-refractivity contribution is 7.88. The molecule has 0 aromatic carbocycles. The van der Waals surface area contributed by atoms with Crippen LogP contribution < -0.4 is 16.0 Å². The summed E-state index contributed by atoms with van der Waals surface area (Å²) in [5, 5.41) is 17.8. The van der Waals surface area contributed by atoms with Gasteiger partial charge in [-0.1, -0.05) is 52.7 Å². The summed E-state index contributed by atoms with van der Waals surface area (Å²) >= 11 is 0. The lowest BCUT2D eigenvalue weighted by atomic mass is 9.87. The van der Waals surface area contributed by atoms with Gasteiger partial charge in [0.2, 0.25) is 21.8 Å². The van der Waals surface area contributed by atoms with Crippen molar-refractivity contribution in [3.05, 3.63) is 12.2 Å². The lowest BCUT2D eigenvalue weighted by Gasteiger charge is -2.34. The monoisotopic (exact) mass is 585 g/mol. The van der Waals surface area contributed by atoms with Crippen LogP contribution in [0.3, 0.4) is 0 Å². The average molecular weight is 586 g/mol. The lowest BCUT2D eigenvalue weighted by Crippen LogP contribution is -2.56. The smallest absolute Gasteiger partial charge is 0.330 e. The minimum atomic E-state index is -3.45. The van der Waals surface area contributed by atoms with E-state index in [-0.39, 0.29) is 19.0 Å². The summed E-state index contributed by atoms with van der Waals surface area (Å²) in [6, 6.07) is -1.98. The second-order valence-electron chi connectivity index (χ2n) is 12.0. The van der Waals surface area contributed by atoms with E-state index in [0.717, 1.165) is 36.2 Å². The Morgan fingerprint density at radius 2 is 1.88 bits per heavy atom. The maximum absolute atomic E-state index is 13.1. The minimum absolute atomic E-state index is 0.0539. The number of carbonyl (C=O) groups excluding carboxylic acids is 3. The molecular weight excluding hydrogens is 538 g/mol. The summed E-state index contributed by atoms with van der Waals surface area (Å²) in [6.07, 6.45) is 10.3. The van der Waals surface area contributed by atoms with Crippen LogP contribution in [0.1, 0.15) is 72.6 Å². The zero-order valence-electron chi connectivity index (χ0n) is 24.7. The summed E-state index contributed by atoms with van der Waals surface area (Å²) in [4.78, 5) is 52.1. The molecule has 4 atom stereocenters. The fourth-order valence-electron chi connectivity index (χ4n) is 4.77. The Hall–Kier alpha value is -2.67. The molecule has 0 aromatic heterocycles. The van der Waals surface area contributed by atoms with Crippen LogP contribution in [-0.4, -0.2) is 97.1 Å². The highest BCUT2D eigenvalue weighted by Gasteiger charge is 2.61. The summed E-state index contributed by atoms with van der Waals surface area (Å²) in [6.45, 7) is 7.73. The lowest BCUT2D eigenvalue weighted by molar-refractivity contribution is -0.145. The molecular formula is C27H47N5O7S. The third kappa shape index (κ3) is 9.18.